The summed E-state index contributed by atoms with van der Waals surface area (Å²) >= 11 is 3.39. The third-order valence-corrected chi connectivity index (χ3v) is 2.85. The van der Waals surface area contributed by atoms with Crippen molar-refractivity contribution >= 4 is 15.9 Å². The van der Waals surface area contributed by atoms with Gasteiger partial charge in [0.05, 0.1) is 0 Å². The maximum absolute atomic E-state index is 5.32. The molecule has 0 radical (unpaired) electrons. The van der Waals surface area contributed by atoms with Gasteiger partial charge in [0.25, 0.3) is 0 Å². The fourth-order valence-corrected chi connectivity index (χ4v) is 2.27. The molecule has 2 rings (SSSR count). The average molecular weight is 245 g/mol. The Hall–Kier alpha value is -0.350. The predicted molar refractivity (Wildman–Crippen MR) is 53.7 cm³/mol. The van der Waals surface area contributed by atoms with Crippen LogP contribution >= 0.6 is 15.9 Å². The minimum Gasteiger partial charge on any atom is -0.381 e. The fourth-order valence-electron chi connectivity index (χ4n) is 1.78. The van der Waals surface area contributed by atoms with Gasteiger partial charge in [-0.15, -0.1) is 0 Å². The van der Waals surface area contributed by atoms with E-state index >= 15 is 0 Å². The lowest BCUT2D eigenvalue weighted by atomic mass is 10.00. The lowest BCUT2D eigenvalue weighted by molar-refractivity contribution is 0.0830. The van der Waals surface area contributed by atoms with E-state index in [1.54, 1.807) is 0 Å². The SMILES string of the molecule is Cn1cc(Br)nc1C1CCOCC1. The molecule has 1 saturated heterocycles. The molecular formula is C9H13BrN2O. The number of hydrogen-bond acceptors (Lipinski definition) is 2. The lowest BCUT2D eigenvalue weighted by Crippen LogP contribution is -2.17. The molecule has 1 fully saturated rings. The molecule has 3 nitrogen and oxygen atoms in total. The van der Waals surface area contributed by atoms with E-state index in [0.717, 1.165) is 30.7 Å². The molecule has 0 N–H and O–H groups in total. The zero-order chi connectivity index (χ0) is 9.26. The van der Waals surface area contributed by atoms with Gasteiger partial charge in [0, 0.05) is 32.4 Å². The van der Waals surface area contributed by atoms with Gasteiger partial charge >= 0.3 is 0 Å². The molecule has 13 heavy (non-hydrogen) atoms. The maximum atomic E-state index is 5.32. The first kappa shape index (κ1) is 9.21. The molecule has 4 heteroatoms. The first-order chi connectivity index (χ1) is 6.27. The zero-order valence-electron chi connectivity index (χ0n) is 7.66. The first-order valence-electron chi connectivity index (χ1n) is 4.54. The minimum atomic E-state index is 0.574. The molecule has 0 amide bonds. The van der Waals surface area contributed by atoms with E-state index in [1.165, 1.54) is 5.82 Å². The highest BCUT2D eigenvalue weighted by Crippen LogP contribution is 2.26. The van der Waals surface area contributed by atoms with Crippen molar-refractivity contribution in [1.82, 2.24) is 9.55 Å². The number of rotatable bonds is 1. The molecule has 0 atom stereocenters. The second kappa shape index (κ2) is 3.80. The van der Waals surface area contributed by atoms with Gasteiger partial charge in [0.1, 0.15) is 10.4 Å². The Morgan fingerprint density at radius 2 is 2.23 bits per heavy atom. The molecule has 1 aliphatic rings. The summed E-state index contributed by atoms with van der Waals surface area (Å²) in [4.78, 5) is 4.46. The van der Waals surface area contributed by atoms with Crippen LogP contribution in [0.25, 0.3) is 0 Å². The van der Waals surface area contributed by atoms with Crippen molar-refractivity contribution in [3.8, 4) is 0 Å². The molecule has 0 unspecified atom stereocenters. The van der Waals surface area contributed by atoms with Crippen molar-refractivity contribution in [2.75, 3.05) is 13.2 Å². The highest BCUT2D eigenvalue weighted by Gasteiger charge is 2.20. The Kier molecular flexibility index (Phi) is 2.69. The van der Waals surface area contributed by atoms with Crippen LogP contribution in [0.2, 0.25) is 0 Å². The fraction of sp³-hybridized carbons (Fsp3) is 0.667. The highest BCUT2D eigenvalue weighted by atomic mass is 79.9. The number of ether oxygens (including phenoxy) is 1. The topological polar surface area (TPSA) is 27.1 Å². The molecule has 1 aliphatic heterocycles. The zero-order valence-corrected chi connectivity index (χ0v) is 9.25. The van der Waals surface area contributed by atoms with Gasteiger partial charge in [-0.1, -0.05) is 0 Å². The highest BCUT2D eigenvalue weighted by molar-refractivity contribution is 9.10. The summed E-state index contributed by atoms with van der Waals surface area (Å²) < 4.78 is 8.34. The van der Waals surface area contributed by atoms with E-state index in [9.17, 15) is 0 Å². The molecule has 1 aromatic heterocycles. The van der Waals surface area contributed by atoms with Gasteiger partial charge in [-0.2, -0.15) is 0 Å². The van der Waals surface area contributed by atoms with E-state index in [0.29, 0.717) is 5.92 Å². The minimum absolute atomic E-state index is 0.574. The van der Waals surface area contributed by atoms with Crippen LogP contribution in [0.4, 0.5) is 0 Å². The van der Waals surface area contributed by atoms with Crippen LogP contribution in [0.15, 0.2) is 10.8 Å². The number of aryl methyl sites for hydroxylation is 1. The van der Waals surface area contributed by atoms with Crippen molar-refractivity contribution in [2.24, 2.45) is 7.05 Å². The summed E-state index contributed by atoms with van der Waals surface area (Å²) in [5.74, 6) is 1.75. The maximum Gasteiger partial charge on any atom is 0.124 e. The predicted octanol–water partition coefficient (Wildman–Crippen LogP) is 2.08. The van der Waals surface area contributed by atoms with E-state index in [4.69, 9.17) is 4.74 Å². The first-order valence-corrected chi connectivity index (χ1v) is 5.33. The monoisotopic (exact) mass is 244 g/mol. The second-order valence-electron chi connectivity index (χ2n) is 3.42. The summed E-state index contributed by atoms with van der Waals surface area (Å²) in [7, 11) is 2.04. The van der Waals surface area contributed by atoms with Crippen LogP contribution in [0.5, 0.6) is 0 Å². The van der Waals surface area contributed by atoms with Crippen molar-refractivity contribution in [1.29, 1.82) is 0 Å². The van der Waals surface area contributed by atoms with Gasteiger partial charge < -0.3 is 9.30 Å². The van der Waals surface area contributed by atoms with Crippen LogP contribution in [0.3, 0.4) is 0 Å². The molecule has 0 aliphatic carbocycles. The van der Waals surface area contributed by atoms with Crippen molar-refractivity contribution in [3.05, 3.63) is 16.6 Å². The third-order valence-electron chi connectivity index (χ3n) is 2.47. The molecule has 2 heterocycles. The van der Waals surface area contributed by atoms with E-state index in [2.05, 4.69) is 25.5 Å². The molecule has 0 spiro atoms. The van der Waals surface area contributed by atoms with Gasteiger partial charge in [-0.25, -0.2) is 4.98 Å². The largest absolute Gasteiger partial charge is 0.381 e. The van der Waals surface area contributed by atoms with Crippen LogP contribution in [0, 0.1) is 0 Å². The molecular weight excluding hydrogens is 232 g/mol. The van der Waals surface area contributed by atoms with Gasteiger partial charge in [0.2, 0.25) is 0 Å². The number of imidazole rings is 1. The van der Waals surface area contributed by atoms with Gasteiger partial charge in [0.15, 0.2) is 0 Å². The third kappa shape index (κ3) is 1.94. The Labute approximate surface area is 86.2 Å². The van der Waals surface area contributed by atoms with E-state index in [-0.39, 0.29) is 0 Å². The number of nitrogens with zero attached hydrogens (tertiary/aromatic N) is 2. The molecule has 1 aromatic rings. The van der Waals surface area contributed by atoms with Crippen molar-refractivity contribution < 1.29 is 4.74 Å². The van der Waals surface area contributed by atoms with E-state index < -0.39 is 0 Å². The summed E-state index contributed by atoms with van der Waals surface area (Å²) in [6.45, 7) is 1.74. The number of halogens is 1. The standard InChI is InChI=1S/C9H13BrN2O/c1-12-6-8(10)11-9(12)7-2-4-13-5-3-7/h6-7H,2-5H2,1H3. The molecule has 72 valence electrons. The van der Waals surface area contributed by atoms with Crippen molar-refractivity contribution in [3.63, 3.8) is 0 Å². The lowest BCUT2D eigenvalue weighted by Gasteiger charge is -2.21. The average Bonchev–Trinajstić information content (AvgIpc) is 2.47. The van der Waals surface area contributed by atoms with Crippen LogP contribution < -0.4 is 0 Å². The van der Waals surface area contributed by atoms with Crippen LogP contribution in [-0.4, -0.2) is 22.8 Å². The van der Waals surface area contributed by atoms with Gasteiger partial charge in [-0.3, -0.25) is 0 Å². The van der Waals surface area contributed by atoms with Crippen LogP contribution in [-0.2, 0) is 11.8 Å². The van der Waals surface area contributed by atoms with E-state index in [1.807, 2.05) is 13.2 Å². The molecule has 0 bridgehead atoms. The normalized spacial score (nSPS) is 19.2. The summed E-state index contributed by atoms with van der Waals surface area (Å²) in [5.41, 5.74) is 0. The quantitative estimate of drug-likeness (QED) is 0.757. The smallest absolute Gasteiger partial charge is 0.124 e. The number of aromatic nitrogens is 2. The molecule has 0 saturated carbocycles. The summed E-state index contributed by atoms with van der Waals surface area (Å²) in [6.07, 6.45) is 4.19. The Bertz CT molecular complexity index is 292. The van der Waals surface area contributed by atoms with Crippen molar-refractivity contribution in [2.45, 2.75) is 18.8 Å². The number of hydrogen-bond donors (Lipinski definition) is 0. The van der Waals surface area contributed by atoms with Crippen LogP contribution in [0.1, 0.15) is 24.6 Å². The molecule has 0 aromatic carbocycles. The Balaban J connectivity index is 2.18. The second-order valence-corrected chi connectivity index (χ2v) is 4.23. The Morgan fingerprint density at radius 1 is 1.54 bits per heavy atom. The summed E-state index contributed by atoms with van der Waals surface area (Å²) in [6, 6.07) is 0. The Morgan fingerprint density at radius 3 is 2.77 bits per heavy atom. The van der Waals surface area contributed by atoms with Gasteiger partial charge in [-0.05, 0) is 28.8 Å². The summed E-state index contributed by atoms with van der Waals surface area (Å²) in [5, 5.41) is 0.